The summed E-state index contributed by atoms with van der Waals surface area (Å²) < 4.78 is 12.7. The van der Waals surface area contributed by atoms with E-state index in [1.54, 1.807) is 6.21 Å². The number of thioether (sulfide) groups is 2. The van der Waals surface area contributed by atoms with E-state index in [2.05, 4.69) is 40.0 Å². The molecule has 1 saturated heterocycles. The molecule has 8 heteroatoms. The molecule has 1 aliphatic rings. The van der Waals surface area contributed by atoms with Crippen molar-refractivity contribution in [1.82, 2.24) is 5.43 Å². The smallest absolute Gasteiger partial charge is 0.242 e. The average Bonchev–Trinajstić information content (AvgIpc) is 3.14. The van der Waals surface area contributed by atoms with Gasteiger partial charge < -0.3 is 9.47 Å². The van der Waals surface area contributed by atoms with Gasteiger partial charge in [-0.3, -0.25) is 4.79 Å². The van der Waals surface area contributed by atoms with Crippen molar-refractivity contribution in [2.75, 3.05) is 18.1 Å². The summed E-state index contributed by atoms with van der Waals surface area (Å²) >= 11 is 5.91. The Morgan fingerprint density at radius 2 is 1.97 bits per heavy atom. The van der Waals surface area contributed by atoms with Crippen LogP contribution in [0.4, 0.5) is 0 Å². The number of rotatable bonds is 9. The third kappa shape index (κ3) is 6.81. The zero-order valence-electron chi connectivity index (χ0n) is 17.0. The summed E-state index contributed by atoms with van der Waals surface area (Å²) in [4.78, 5) is 12.2. The van der Waals surface area contributed by atoms with Crippen LogP contribution in [-0.2, 0) is 11.4 Å². The van der Waals surface area contributed by atoms with Gasteiger partial charge >= 0.3 is 0 Å². The Morgan fingerprint density at radius 1 is 1.23 bits per heavy atom. The molecule has 0 aromatic heterocycles. The zero-order chi connectivity index (χ0) is 21.4. The number of benzene rings is 2. The second kappa shape index (κ2) is 11.3. The van der Waals surface area contributed by atoms with Crippen molar-refractivity contribution in [2.24, 2.45) is 5.10 Å². The number of halogens is 1. The van der Waals surface area contributed by atoms with E-state index in [1.807, 2.05) is 72.9 Å². The monoisotopic (exact) mass is 556 g/mol. The van der Waals surface area contributed by atoms with E-state index in [-0.39, 0.29) is 9.99 Å². The quantitative estimate of drug-likeness (QED) is 0.258. The van der Waals surface area contributed by atoms with Crippen molar-refractivity contribution in [3.63, 3.8) is 0 Å². The fourth-order valence-electron chi connectivity index (χ4n) is 2.96. The van der Waals surface area contributed by atoms with Crippen LogP contribution in [0.15, 0.2) is 47.6 Å². The van der Waals surface area contributed by atoms with Crippen molar-refractivity contribution in [1.29, 1.82) is 0 Å². The lowest BCUT2D eigenvalue weighted by Crippen LogP contribution is -2.26. The molecule has 1 aliphatic heterocycles. The summed E-state index contributed by atoms with van der Waals surface area (Å²) in [6.45, 7) is 5.05. The van der Waals surface area contributed by atoms with E-state index >= 15 is 0 Å². The first kappa shape index (κ1) is 23.3. The van der Waals surface area contributed by atoms with Crippen LogP contribution in [0.3, 0.4) is 0 Å². The summed E-state index contributed by atoms with van der Waals surface area (Å²) in [7, 11) is 0. The minimum atomic E-state index is -0.0711. The van der Waals surface area contributed by atoms with Crippen LogP contribution >= 0.6 is 46.1 Å². The van der Waals surface area contributed by atoms with Crippen molar-refractivity contribution >= 4 is 58.2 Å². The topological polar surface area (TPSA) is 59.9 Å². The van der Waals surface area contributed by atoms with Gasteiger partial charge in [0, 0.05) is 11.5 Å². The molecule has 1 heterocycles. The number of carbonyl (C=O) groups excluding carboxylic acids is 1. The highest BCUT2D eigenvalue weighted by atomic mass is 127. The van der Waals surface area contributed by atoms with Gasteiger partial charge in [-0.2, -0.15) is 5.10 Å². The normalized spacial score (nSPS) is 15.3. The minimum absolute atomic E-state index is 0.0468. The van der Waals surface area contributed by atoms with E-state index in [1.165, 1.54) is 0 Å². The van der Waals surface area contributed by atoms with Gasteiger partial charge in [0.05, 0.1) is 26.9 Å². The predicted octanol–water partition coefficient (Wildman–Crippen LogP) is 5.31. The SMILES string of the molecule is CCOc1cc(/C=N\NC(=O)CC2(C)SCCS2)cc(I)c1OCc1ccccc1. The molecule has 0 radical (unpaired) electrons. The van der Waals surface area contributed by atoms with Gasteiger partial charge in [0.15, 0.2) is 11.5 Å². The number of nitrogens with zero attached hydrogens (tertiary/aromatic N) is 1. The highest BCUT2D eigenvalue weighted by Crippen LogP contribution is 2.45. The molecule has 1 N–H and O–H groups in total. The van der Waals surface area contributed by atoms with Gasteiger partial charge in [-0.15, -0.1) is 23.5 Å². The number of hydrazone groups is 1. The van der Waals surface area contributed by atoms with E-state index in [9.17, 15) is 4.79 Å². The second-order valence-electron chi connectivity index (χ2n) is 6.84. The molecule has 0 atom stereocenters. The molecule has 2 aromatic rings. The van der Waals surface area contributed by atoms with Crippen molar-refractivity contribution in [3.05, 3.63) is 57.2 Å². The summed E-state index contributed by atoms with van der Waals surface area (Å²) in [6.07, 6.45) is 2.09. The van der Waals surface area contributed by atoms with Crippen LogP contribution in [0.5, 0.6) is 11.5 Å². The van der Waals surface area contributed by atoms with E-state index in [4.69, 9.17) is 9.47 Å². The number of hydrogen-bond acceptors (Lipinski definition) is 6. The average molecular weight is 556 g/mol. The summed E-state index contributed by atoms with van der Waals surface area (Å²) in [6, 6.07) is 13.9. The third-order valence-corrected chi connectivity index (χ3v) is 8.43. The number of carbonyl (C=O) groups is 1. The third-order valence-electron chi connectivity index (χ3n) is 4.34. The molecule has 1 fully saturated rings. The summed E-state index contributed by atoms with van der Waals surface area (Å²) in [5.74, 6) is 3.49. The van der Waals surface area contributed by atoms with Crippen LogP contribution < -0.4 is 14.9 Å². The summed E-state index contributed by atoms with van der Waals surface area (Å²) in [5.41, 5.74) is 4.58. The Hall–Kier alpha value is -1.39. The largest absolute Gasteiger partial charge is 0.490 e. The predicted molar refractivity (Wildman–Crippen MR) is 135 cm³/mol. The molecular weight excluding hydrogens is 531 g/mol. The maximum atomic E-state index is 12.2. The number of ether oxygens (including phenoxy) is 2. The van der Waals surface area contributed by atoms with Gasteiger partial charge in [-0.1, -0.05) is 30.3 Å². The maximum Gasteiger partial charge on any atom is 0.242 e. The van der Waals surface area contributed by atoms with Crippen molar-refractivity contribution in [3.8, 4) is 11.5 Å². The van der Waals surface area contributed by atoms with Gasteiger partial charge in [-0.25, -0.2) is 5.43 Å². The second-order valence-corrected chi connectivity index (χ2v) is 11.5. The Kier molecular flexibility index (Phi) is 8.76. The molecule has 30 heavy (non-hydrogen) atoms. The molecule has 0 unspecified atom stereocenters. The molecule has 3 rings (SSSR count). The molecule has 0 aliphatic carbocycles. The molecule has 2 aromatic carbocycles. The van der Waals surface area contributed by atoms with Gasteiger partial charge in [0.1, 0.15) is 6.61 Å². The Morgan fingerprint density at radius 3 is 2.67 bits per heavy atom. The Labute approximate surface area is 199 Å². The molecule has 1 amide bonds. The van der Waals surface area contributed by atoms with E-state index in [0.717, 1.165) is 26.2 Å². The van der Waals surface area contributed by atoms with Gasteiger partial charge in [0.25, 0.3) is 0 Å². The molecule has 160 valence electrons. The Bertz CT molecular complexity index is 887. The van der Waals surface area contributed by atoms with Crippen molar-refractivity contribution in [2.45, 2.75) is 31.0 Å². The summed E-state index contributed by atoms with van der Waals surface area (Å²) in [5, 5.41) is 4.14. The number of hydrogen-bond donors (Lipinski definition) is 1. The number of nitrogens with one attached hydrogen (secondary N) is 1. The lowest BCUT2D eigenvalue weighted by atomic mass is 10.2. The standard InChI is InChI=1S/C22H25IN2O3S2/c1-3-27-19-12-17(14-24-25-20(26)13-22(2)29-9-10-30-22)11-18(23)21(19)28-15-16-7-5-4-6-8-16/h4-8,11-12,14H,3,9-10,13,15H2,1-2H3,(H,25,26)/b24-14-. The van der Waals surface area contributed by atoms with Crippen LogP contribution in [0.2, 0.25) is 0 Å². The molecular formula is C22H25IN2O3S2. The zero-order valence-corrected chi connectivity index (χ0v) is 20.8. The molecule has 5 nitrogen and oxygen atoms in total. The Balaban J connectivity index is 1.64. The molecule has 0 saturated carbocycles. The molecule has 0 bridgehead atoms. The van der Waals surface area contributed by atoms with Crippen LogP contribution in [0, 0.1) is 3.57 Å². The fourth-order valence-corrected chi connectivity index (χ4v) is 6.58. The highest BCUT2D eigenvalue weighted by molar-refractivity contribution is 14.1. The maximum absolute atomic E-state index is 12.2. The lowest BCUT2D eigenvalue weighted by molar-refractivity contribution is -0.121. The van der Waals surface area contributed by atoms with Crippen LogP contribution in [0.25, 0.3) is 0 Å². The fraction of sp³-hybridized carbons (Fsp3) is 0.364. The molecule has 0 spiro atoms. The van der Waals surface area contributed by atoms with Crippen LogP contribution in [-0.4, -0.2) is 34.3 Å². The van der Waals surface area contributed by atoms with Crippen LogP contribution in [0.1, 0.15) is 31.4 Å². The number of amides is 1. The first-order valence-electron chi connectivity index (χ1n) is 9.72. The van der Waals surface area contributed by atoms with Gasteiger partial charge in [-0.05, 0) is 59.7 Å². The lowest BCUT2D eigenvalue weighted by Gasteiger charge is -2.19. The van der Waals surface area contributed by atoms with Crippen molar-refractivity contribution < 1.29 is 14.3 Å². The minimum Gasteiger partial charge on any atom is -0.490 e. The van der Waals surface area contributed by atoms with E-state index < -0.39 is 0 Å². The van der Waals surface area contributed by atoms with E-state index in [0.29, 0.717) is 31.1 Å². The first-order chi connectivity index (χ1) is 14.5. The van der Waals surface area contributed by atoms with Gasteiger partial charge in [0.2, 0.25) is 5.91 Å². The highest BCUT2D eigenvalue weighted by Gasteiger charge is 2.32. The first-order valence-corrected chi connectivity index (χ1v) is 12.8.